The predicted octanol–water partition coefficient (Wildman–Crippen LogP) is 4.95. The zero-order valence-corrected chi connectivity index (χ0v) is 24.0. The van der Waals surface area contributed by atoms with E-state index >= 15 is 0 Å². The fraction of sp³-hybridized carbons (Fsp3) is 1.00. The van der Waals surface area contributed by atoms with Crippen molar-refractivity contribution in [2.75, 3.05) is 7.11 Å². The van der Waals surface area contributed by atoms with Crippen LogP contribution in [0.2, 0.25) is 0 Å². The molecule has 6 rings (SSSR count). The van der Waals surface area contributed by atoms with E-state index in [-0.39, 0.29) is 34.6 Å². The first-order valence-electron chi connectivity index (χ1n) is 14.9. The van der Waals surface area contributed by atoms with Crippen LogP contribution in [0.3, 0.4) is 0 Å². The molecule has 206 valence electrons. The molecule has 0 aromatic carbocycles. The summed E-state index contributed by atoms with van der Waals surface area (Å²) in [5.74, 6) is 1.82. The molecule has 5 saturated carbocycles. The van der Waals surface area contributed by atoms with Gasteiger partial charge in [-0.05, 0) is 111 Å². The summed E-state index contributed by atoms with van der Waals surface area (Å²) in [5, 5.41) is 34.0. The Morgan fingerprint density at radius 2 is 1.58 bits per heavy atom. The first kappa shape index (κ1) is 26.0. The van der Waals surface area contributed by atoms with Gasteiger partial charge < -0.3 is 24.8 Å². The fourth-order valence-electron chi connectivity index (χ4n) is 12.4. The van der Waals surface area contributed by atoms with Gasteiger partial charge in [-0.25, -0.2) is 0 Å². The predicted molar refractivity (Wildman–Crippen MR) is 139 cm³/mol. The van der Waals surface area contributed by atoms with Crippen LogP contribution in [0.15, 0.2) is 0 Å². The zero-order valence-electron chi connectivity index (χ0n) is 24.0. The smallest absolute Gasteiger partial charge is 0.111 e. The summed E-state index contributed by atoms with van der Waals surface area (Å²) < 4.78 is 12.6. The van der Waals surface area contributed by atoms with E-state index in [9.17, 15) is 15.3 Å². The van der Waals surface area contributed by atoms with Crippen molar-refractivity contribution in [1.29, 1.82) is 0 Å². The van der Waals surface area contributed by atoms with Crippen LogP contribution >= 0.6 is 0 Å². The molecule has 0 unspecified atom stereocenters. The summed E-state index contributed by atoms with van der Waals surface area (Å²) in [5.41, 5.74) is -0.496. The van der Waals surface area contributed by atoms with Gasteiger partial charge in [-0.1, -0.05) is 34.6 Å². The minimum absolute atomic E-state index is 0.0201. The number of aliphatic hydroxyl groups is 3. The molecule has 6 fully saturated rings. The fourth-order valence-corrected chi connectivity index (χ4v) is 12.4. The maximum absolute atomic E-state index is 12.3. The lowest BCUT2D eigenvalue weighted by atomic mass is 9.41. The van der Waals surface area contributed by atoms with Gasteiger partial charge in [0.25, 0.3) is 0 Å². The van der Waals surface area contributed by atoms with Crippen LogP contribution in [0.1, 0.15) is 99.8 Å². The van der Waals surface area contributed by atoms with Crippen molar-refractivity contribution in [3.05, 3.63) is 0 Å². The Labute approximate surface area is 218 Å². The zero-order chi connectivity index (χ0) is 26.3. The molecule has 1 aliphatic heterocycles. The number of hydrogen-bond donors (Lipinski definition) is 3. The number of ether oxygens (including phenoxy) is 2. The molecule has 5 aliphatic carbocycles. The number of aliphatic hydroxyl groups excluding tert-OH is 2. The molecule has 0 amide bonds. The molecule has 5 nitrogen and oxygen atoms in total. The lowest BCUT2D eigenvalue weighted by molar-refractivity contribution is -0.209. The third kappa shape index (κ3) is 2.81. The third-order valence-electron chi connectivity index (χ3n) is 14.1. The van der Waals surface area contributed by atoms with Gasteiger partial charge in [0.1, 0.15) is 6.10 Å². The van der Waals surface area contributed by atoms with Gasteiger partial charge in [-0.15, -0.1) is 0 Å². The molecule has 0 aromatic heterocycles. The van der Waals surface area contributed by atoms with E-state index in [1.807, 2.05) is 0 Å². The Balaban J connectivity index is 1.36. The Morgan fingerprint density at radius 1 is 0.944 bits per heavy atom. The molecule has 0 aromatic rings. The topological polar surface area (TPSA) is 79.2 Å². The van der Waals surface area contributed by atoms with Crippen molar-refractivity contribution >= 4 is 0 Å². The summed E-state index contributed by atoms with van der Waals surface area (Å²) in [6.45, 7) is 15.5. The maximum atomic E-state index is 12.3. The van der Waals surface area contributed by atoms with Gasteiger partial charge in [0.2, 0.25) is 0 Å². The van der Waals surface area contributed by atoms with E-state index in [0.717, 1.165) is 32.1 Å². The molecular formula is C31H52O5. The monoisotopic (exact) mass is 504 g/mol. The van der Waals surface area contributed by atoms with Crippen molar-refractivity contribution in [2.45, 2.75) is 136 Å². The Morgan fingerprint density at radius 3 is 2.22 bits per heavy atom. The summed E-state index contributed by atoms with van der Waals surface area (Å²) in [6.07, 6.45) is 7.46. The van der Waals surface area contributed by atoms with Crippen LogP contribution < -0.4 is 0 Å². The highest BCUT2D eigenvalue weighted by Gasteiger charge is 2.84. The van der Waals surface area contributed by atoms with E-state index < -0.39 is 17.8 Å². The van der Waals surface area contributed by atoms with Crippen LogP contribution in [0.5, 0.6) is 0 Å². The van der Waals surface area contributed by atoms with Crippen molar-refractivity contribution in [3.8, 4) is 0 Å². The third-order valence-corrected chi connectivity index (χ3v) is 14.1. The van der Waals surface area contributed by atoms with Crippen LogP contribution in [0, 0.1) is 50.7 Å². The van der Waals surface area contributed by atoms with Crippen LogP contribution in [0.25, 0.3) is 0 Å². The summed E-state index contributed by atoms with van der Waals surface area (Å²) in [7, 11) is 1.66. The van der Waals surface area contributed by atoms with Gasteiger partial charge >= 0.3 is 0 Å². The molecule has 2 spiro atoms. The average Bonchev–Trinajstić information content (AvgIpc) is 3.41. The highest BCUT2D eigenvalue weighted by Crippen LogP contribution is 2.89. The number of fused-ring (bicyclic) bond motifs is 4. The maximum Gasteiger partial charge on any atom is 0.111 e. The van der Waals surface area contributed by atoms with Crippen molar-refractivity contribution < 1.29 is 24.8 Å². The molecule has 36 heavy (non-hydrogen) atoms. The van der Waals surface area contributed by atoms with Gasteiger partial charge in [0.05, 0.1) is 30.0 Å². The SMILES string of the molecule is CO[C@@H]([C@H]1C[C@@H](C)[C@H]2[C@H](O1)[C@H](O)[C@@]1(C)[C@@H]3CC[C@H]4C(C)(C)[C@@H](O)CC[C@@]45C[C@@]35CC[C@]21C)C(C)(C)O. The van der Waals surface area contributed by atoms with Crippen molar-refractivity contribution in [2.24, 2.45) is 50.7 Å². The molecular weight excluding hydrogens is 452 g/mol. The van der Waals surface area contributed by atoms with Crippen LogP contribution in [0.4, 0.5) is 0 Å². The van der Waals surface area contributed by atoms with E-state index in [0.29, 0.717) is 34.5 Å². The second-order valence-electron chi connectivity index (χ2n) is 15.9. The standard InChI is InChI=1S/C31H52O5/c1-17-15-18(25(35-8)27(4,5)34)36-23-22(17)28(6)13-14-31-16-30(31)12-11-21(32)26(2,3)19(30)9-10-20(31)29(28,7)24(23)33/h17-25,32-34H,9-16H2,1-8H3/t17-,18-,19+,20+,21+,22+,23+,24+,25+,28-,29-,30-,31+/m1/s1. The second kappa shape index (κ2) is 7.50. The molecule has 5 heteroatoms. The molecule has 1 saturated heterocycles. The van der Waals surface area contributed by atoms with Gasteiger partial charge in [-0.2, -0.15) is 0 Å². The largest absolute Gasteiger partial charge is 0.393 e. The van der Waals surface area contributed by atoms with Gasteiger partial charge in [0.15, 0.2) is 0 Å². The minimum Gasteiger partial charge on any atom is -0.393 e. The Bertz CT molecular complexity index is 911. The van der Waals surface area contributed by atoms with Crippen molar-refractivity contribution in [1.82, 2.24) is 0 Å². The van der Waals surface area contributed by atoms with Gasteiger partial charge in [-0.3, -0.25) is 0 Å². The first-order valence-corrected chi connectivity index (χ1v) is 14.9. The number of hydrogen-bond acceptors (Lipinski definition) is 5. The summed E-state index contributed by atoms with van der Waals surface area (Å²) in [4.78, 5) is 0. The second-order valence-corrected chi connectivity index (χ2v) is 15.9. The van der Waals surface area contributed by atoms with E-state index in [2.05, 4.69) is 34.6 Å². The molecule has 1 heterocycles. The molecule has 3 N–H and O–H groups in total. The minimum atomic E-state index is -1.00. The molecule has 0 bridgehead atoms. The van der Waals surface area contributed by atoms with E-state index in [1.165, 1.54) is 19.3 Å². The Hall–Kier alpha value is -0.200. The Kier molecular flexibility index (Phi) is 5.43. The lowest BCUT2D eigenvalue weighted by Crippen LogP contribution is -2.59. The van der Waals surface area contributed by atoms with E-state index in [4.69, 9.17) is 9.47 Å². The van der Waals surface area contributed by atoms with Crippen molar-refractivity contribution in [3.63, 3.8) is 0 Å². The molecule has 6 aliphatic rings. The molecule has 0 radical (unpaired) electrons. The highest BCUT2D eigenvalue weighted by molar-refractivity contribution is 5.32. The summed E-state index contributed by atoms with van der Waals surface area (Å²) in [6, 6.07) is 0. The quantitative estimate of drug-likeness (QED) is 0.507. The normalized spacial score (nSPS) is 58.1. The van der Waals surface area contributed by atoms with E-state index in [1.54, 1.807) is 21.0 Å². The first-order chi connectivity index (χ1) is 16.6. The number of rotatable bonds is 3. The number of methoxy groups -OCH3 is 1. The van der Waals surface area contributed by atoms with Crippen LogP contribution in [-0.4, -0.2) is 58.6 Å². The summed E-state index contributed by atoms with van der Waals surface area (Å²) >= 11 is 0. The average molecular weight is 505 g/mol. The highest BCUT2D eigenvalue weighted by atomic mass is 16.6. The lowest BCUT2D eigenvalue weighted by Gasteiger charge is -2.63. The van der Waals surface area contributed by atoms with Gasteiger partial charge in [0, 0.05) is 12.5 Å². The van der Waals surface area contributed by atoms with Crippen LogP contribution in [-0.2, 0) is 9.47 Å². The molecule has 13 atom stereocenters.